The number of amides is 1. The zero-order valence-corrected chi connectivity index (χ0v) is 14.3. The van der Waals surface area contributed by atoms with Gasteiger partial charge in [0, 0.05) is 37.2 Å². The molecule has 0 spiro atoms. The minimum atomic E-state index is 0.0143. The standard InChI is InChI=1S/C17H24N6O/c1-3-5-13-10-15(21-20-13)17(24)23-9-6-14(11-23)22(2)12-16-18-7-4-8-19-16/h4,7-8,10,14H,3,5-6,9,11-12H2,1-2H3,(H,20,21). The minimum Gasteiger partial charge on any atom is -0.336 e. The van der Waals surface area contributed by atoms with Gasteiger partial charge in [-0.3, -0.25) is 14.8 Å². The summed E-state index contributed by atoms with van der Waals surface area (Å²) in [6.07, 6.45) is 6.43. The number of aryl methyl sites for hydroxylation is 1. The Kier molecular flexibility index (Phi) is 5.20. The van der Waals surface area contributed by atoms with Crippen LogP contribution in [0.25, 0.3) is 0 Å². The molecule has 0 saturated carbocycles. The molecule has 3 heterocycles. The van der Waals surface area contributed by atoms with Gasteiger partial charge in [-0.15, -0.1) is 0 Å². The van der Waals surface area contributed by atoms with E-state index in [1.807, 2.05) is 17.0 Å². The highest BCUT2D eigenvalue weighted by atomic mass is 16.2. The van der Waals surface area contributed by atoms with Crippen LogP contribution in [0.3, 0.4) is 0 Å². The lowest BCUT2D eigenvalue weighted by Crippen LogP contribution is -2.36. The van der Waals surface area contributed by atoms with Crippen LogP contribution in [0.2, 0.25) is 0 Å². The van der Waals surface area contributed by atoms with Gasteiger partial charge in [0.25, 0.3) is 5.91 Å². The molecule has 7 heteroatoms. The van der Waals surface area contributed by atoms with Crippen LogP contribution in [0.15, 0.2) is 24.5 Å². The summed E-state index contributed by atoms with van der Waals surface area (Å²) in [6, 6.07) is 4.02. The number of likely N-dealkylation sites (tertiary alicyclic amines) is 1. The van der Waals surface area contributed by atoms with Crippen molar-refractivity contribution in [1.82, 2.24) is 30.0 Å². The van der Waals surface area contributed by atoms with Gasteiger partial charge in [-0.1, -0.05) is 13.3 Å². The molecule has 1 unspecified atom stereocenters. The zero-order valence-electron chi connectivity index (χ0n) is 14.3. The van der Waals surface area contributed by atoms with Crippen LogP contribution in [0.4, 0.5) is 0 Å². The summed E-state index contributed by atoms with van der Waals surface area (Å²) >= 11 is 0. The lowest BCUT2D eigenvalue weighted by atomic mass is 10.2. The Balaban J connectivity index is 1.57. The van der Waals surface area contributed by atoms with Crippen molar-refractivity contribution in [2.45, 2.75) is 38.8 Å². The Hall–Kier alpha value is -2.28. The molecule has 3 rings (SSSR count). The normalized spacial score (nSPS) is 17.6. The van der Waals surface area contributed by atoms with E-state index >= 15 is 0 Å². The van der Waals surface area contributed by atoms with E-state index in [1.54, 1.807) is 12.4 Å². The first-order valence-corrected chi connectivity index (χ1v) is 8.47. The molecule has 1 saturated heterocycles. The molecule has 7 nitrogen and oxygen atoms in total. The van der Waals surface area contributed by atoms with Gasteiger partial charge in [0.05, 0.1) is 6.54 Å². The van der Waals surface area contributed by atoms with Crippen molar-refractivity contribution in [2.24, 2.45) is 0 Å². The fourth-order valence-corrected chi connectivity index (χ4v) is 3.08. The molecule has 0 aromatic carbocycles. The predicted molar refractivity (Wildman–Crippen MR) is 90.4 cm³/mol. The molecule has 1 amide bonds. The number of likely N-dealkylation sites (N-methyl/N-ethyl adjacent to an activating group) is 1. The van der Waals surface area contributed by atoms with Crippen LogP contribution < -0.4 is 0 Å². The molecule has 1 aliphatic rings. The maximum atomic E-state index is 12.6. The lowest BCUT2D eigenvalue weighted by Gasteiger charge is -2.23. The Labute approximate surface area is 142 Å². The Morgan fingerprint density at radius 1 is 1.42 bits per heavy atom. The van der Waals surface area contributed by atoms with Crippen LogP contribution >= 0.6 is 0 Å². The van der Waals surface area contributed by atoms with E-state index in [1.165, 1.54) is 0 Å². The highest BCUT2D eigenvalue weighted by molar-refractivity contribution is 5.92. The fraction of sp³-hybridized carbons (Fsp3) is 0.529. The van der Waals surface area contributed by atoms with Crippen molar-refractivity contribution in [3.8, 4) is 0 Å². The molecule has 1 aliphatic heterocycles. The van der Waals surface area contributed by atoms with E-state index in [4.69, 9.17) is 0 Å². The molecule has 0 bridgehead atoms. The highest BCUT2D eigenvalue weighted by Gasteiger charge is 2.30. The molecule has 2 aromatic heterocycles. The molecule has 1 N–H and O–H groups in total. The van der Waals surface area contributed by atoms with Gasteiger partial charge in [-0.05, 0) is 32.0 Å². The average Bonchev–Trinajstić information content (AvgIpc) is 3.25. The number of carbonyl (C=O) groups is 1. The maximum Gasteiger partial charge on any atom is 0.274 e. The van der Waals surface area contributed by atoms with Crippen LogP contribution in [-0.2, 0) is 13.0 Å². The molecular formula is C17H24N6O. The van der Waals surface area contributed by atoms with E-state index in [9.17, 15) is 4.79 Å². The number of hydrogen-bond donors (Lipinski definition) is 1. The van der Waals surface area contributed by atoms with Crippen molar-refractivity contribution in [1.29, 1.82) is 0 Å². The number of nitrogens with one attached hydrogen (secondary N) is 1. The van der Waals surface area contributed by atoms with Gasteiger partial charge in [0.1, 0.15) is 11.5 Å². The molecule has 2 aromatic rings. The number of aromatic amines is 1. The number of hydrogen-bond acceptors (Lipinski definition) is 5. The summed E-state index contributed by atoms with van der Waals surface area (Å²) < 4.78 is 0. The first-order valence-electron chi connectivity index (χ1n) is 8.47. The summed E-state index contributed by atoms with van der Waals surface area (Å²) in [5.74, 6) is 0.821. The van der Waals surface area contributed by atoms with Gasteiger partial charge in [0.2, 0.25) is 0 Å². The van der Waals surface area contributed by atoms with Crippen molar-refractivity contribution in [3.05, 3.63) is 41.7 Å². The molecule has 0 radical (unpaired) electrons. The van der Waals surface area contributed by atoms with E-state index < -0.39 is 0 Å². The van der Waals surface area contributed by atoms with Gasteiger partial charge in [-0.25, -0.2) is 9.97 Å². The van der Waals surface area contributed by atoms with Crippen LogP contribution in [0.5, 0.6) is 0 Å². The Bertz CT molecular complexity index is 671. The minimum absolute atomic E-state index is 0.0143. The first kappa shape index (κ1) is 16.6. The Morgan fingerprint density at radius 3 is 2.96 bits per heavy atom. The predicted octanol–water partition coefficient (Wildman–Crippen LogP) is 1.50. The van der Waals surface area contributed by atoms with Gasteiger partial charge in [0.15, 0.2) is 0 Å². The molecule has 24 heavy (non-hydrogen) atoms. The number of carbonyl (C=O) groups excluding carboxylic acids is 1. The number of rotatable bonds is 6. The molecule has 0 aliphatic carbocycles. The number of H-pyrrole nitrogens is 1. The number of nitrogens with zero attached hydrogens (tertiary/aromatic N) is 5. The summed E-state index contributed by atoms with van der Waals surface area (Å²) in [4.78, 5) is 25.2. The smallest absolute Gasteiger partial charge is 0.274 e. The van der Waals surface area contributed by atoms with E-state index in [2.05, 4.69) is 39.0 Å². The molecule has 1 atom stereocenters. The zero-order chi connectivity index (χ0) is 16.9. The molecule has 128 valence electrons. The van der Waals surface area contributed by atoms with Crippen LogP contribution in [-0.4, -0.2) is 62.1 Å². The van der Waals surface area contributed by atoms with Gasteiger partial charge < -0.3 is 4.90 Å². The maximum absolute atomic E-state index is 12.6. The largest absolute Gasteiger partial charge is 0.336 e. The third-order valence-electron chi connectivity index (χ3n) is 4.45. The lowest BCUT2D eigenvalue weighted by molar-refractivity contribution is 0.0773. The van der Waals surface area contributed by atoms with Crippen molar-refractivity contribution in [3.63, 3.8) is 0 Å². The topological polar surface area (TPSA) is 78.0 Å². The van der Waals surface area contributed by atoms with Crippen LogP contribution in [0, 0.1) is 0 Å². The third-order valence-corrected chi connectivity index (χ3v) is 4.45. The van der Waals surface area contributed by atoms with Gasteiger partial charge >= 0.3 is 0 Å². The van der Waals surface area contributed by atoms with Crippen LogP contribution in [0.1, 0.15) is 41.8 Å². The second kappa shape index (κ2) is 7.53. The quantitative estimate of drug-likeness (QED) is 0.869. The average molecular weight is 328 g/mol. The fourth-order valence-electron chi connectivity index (χ4n) is 3.08. The van der Waals surface area contributed by atoms with Crippen molar-refractivity contribution < 1.29 is 4.79 Å². The van der Waals surface area contributed by atoms with Gasteiger partial charge in [-0.2, -0.15) is 5.10 Å². The number of aromatic nitrogens is 4. The molecular weight excluding hydrogens is 304 g/mol. The summed E-state index contributed by atoms with van der Waals surface area (Å²) in [5.41, 5.74) is 1.54. The second-order valence-corrected chi connectivity index (χ2v) is 6.30. The Morgan fingerprint density at radius 2 is 2.21 bits per heavy atom. The second-order valence-electron chi connectivity index (χ2n) is 6.30. The summed E-state index contributed by atoms with van der Waals surface area (Å²) in [6.45, 7) is 4.29. The monoisotopic (exact) mass is 328 g/mol. The van der Waals surface area contributed by atoms with Crippen molar-refractivity contribution >= 4 is 5.91 Å². The SMILES string of the molecule is CCCc1cc(C(=O)N2CCC(N(C)Cc3ncccn3)C2)n[nH]1. The first-order chi connectivity index (χ1) is 11.7. The van der Waals surface area contributed by atoms with E-state index in [0.29, 0.717) is 18.3 Å². The molecule has 1 fully saturated rings. The summed E-state index contributed by atoms with van der Waals surface area (Å²) in [5, 5.41) is 7.12. The highest BCUT2D eigenvalue weighted by Crippen LogP contribution is 2.18. The van der Waals surface area contributed by atoms with E-state index in [0.717, 1.165) is 43.9 Å². The summed E-state index contributed by atoms with van der Waals surface area (Å²) in [7, 11) is 2.06. The third kappa shape index (κ3) is 3.79. The van der Waals surface area contributed by atoms with Crippen molar-refractivity contribution in [2.75, 3.05) is 20.1 Å². The van der Waals surface area contributed by atoms with E-state index in [-0.39, 0.29) is 5.91 Å².